The number of hydrogen-bond acceptors (Lipinski definition) is 3. The lowest BCUT2D eigenvalue weighted by Crippen LogP contribution is -2.12. The van der Waals surface area contributed by atoms with E-state index in [9.17, 15) is 10.4 Å². The van der Waals surface area contributed by atoms with Crippen molar-refractivity contribution in [1.29, 1.82) is 5.26 Å². The molecule has 0 aliphatic rings. The number of aromatic nitrogens is 2. The third kappa shape index (κ3) is 3.82. The zero-order valence-electron chi connectivity index (χ0n) is 17.3. The molecule has 0 atom stereocenters. The first-order valence-corrected chi connectivity index (χ1v) is 11.0. The Hall–Kier alpha value is -3.78. The van der Waals surface area contributed by atoms with Crippen LogP contribution in [0.2, 0.25) is 10.0 Å². The maximum absolute atomic E-state index is 10.6. The maximum Gasteiger partial charge on any atom is 0.213 e. The number of hydrogen-bond donors (Lipinski definition) is 1. The van der Waals surface area contributed by atoms with Gasteiger partial charge in [-0.2, -0.15) is 10.2 Å². The lowest BCUT2D eigenvalue weighted by Gasteiger charge is -2.21. The standard InChI is InChI=1S/C27H17Cl2N3O/c28-20-11-12-21(23(29)13-20)22-14-24(33)31-27-25(22)19(15-30)16-32(27)26(17-7-3-1-4-8-17)18-9-5-2-6-10-18/h1-14,16,26H,(H,31,33). The molecule has 0 aliphatic heterocycles. The first-order chi connectivity index (χ1) is 16.1. The van der Waals surface area contributed by atoms with Gasteiger partial charge in [0.2, 0.25) is 5.88 Å². The Morgan fingerprint density at radius 3 is 2.06 bits per heavy atom. The predicted octanol–water partition coefficient (Wildman–Crippen LogP) is 7.23. The van der Waals surface area contributed by atoms with Crippen LogP contribution in [0.3, 0.4) is 0 Å². The van der Waals surface area contributed by atoms with Gasteiger partial charge in [0.15, 0.2) is 0 Å². The molecule has 0 bridgehead atoms. The van der Waals surface area contributed by atoms with Gasteiger partial charge in [-0.15, -0.1) is 0 Å². The van der Waals surface area contributed by atoms with Gasteiger partial charge >= 0.3 is 0 Å². The second kappa shape index (κ2) is 8.63. The van der Waals surface area contributed by atoms with Gasteiger partial charge in [0.05, 0.1) is 11.6 Å². The van der Waals surface area contributed by atoms with Crippen LogP contribution in [0.25, 0.3) is 22.2 Å². The minimum Gasteiger partial charge on any atom is -0.493 e. The molecule has 0 fully saturated rings. The third-order valence-electron chi connectivity index (χ3n) is 5.62. The lowest BCUT2D eigenvalue weighted by molar-refractivity contribution is 0.455. The molecule has 6 heteroatoms. The number of pyridine rings is 1. The van der Waals surface area contributed by atoms with Crippen LogP contribution >= 0.6 is 23.2 Å². The van der Waals surface area contributed by atoms with Crippen LogP contribution in [0, 0.1) is 11.3 Å². The Labute approximate surface area is 200 Å². The molecule has 3 aromatic carbocycles. The Morgan fingerprint density at radius 1 is 0.848 bits per heavy atom. The average Bonchev–Trinajstić information content (AvgIpc) is 3.18. The highest BCUT2D eigenvalue weighted by Gasteiger charge is 2.24. The summed E-state index contributed by atoms with van der Waals surface area (Å²) in [6, 6.07) is 28.7. The number of nitriles is 1. The van der Waals surface area contributed by atoms with E-state index < -0.39 is 0 Å². The van der Waals surface area contributed by atoms with Crippen LogP contribution in [0.1, 0.15) is 22.7 Å². The molecular weight excluding hydrogens is 453 g/mol. The first kappa shape index (κ1) is 21.1. The summed E-state index contributed by atoms with van der Waals surface area (Å²) in [7, 11) is 0. The van der Waals surface area contributed by atoms with Gasteiger partial charge in [-0.1, -0.05) is 89.9 Å². The van der Waals surface area contributed by atoms with Gasteiger partial charge in [-0.05, 0) is 23.3 Å². The fourth-order valence-corrected chi connectivity index (χ4v) is 4.73. The SMILES string of the molecule is N#Cc1cn(C(c2ccccc2)c2ccccc2)c2nc(O)cc(-c3ccc(Cl)cc3Cl)c12. The number of fused-ring (bicyclic) bond motifs is 1. The predicted molar refractivity (Wildman–Crippen MR) is 132 cm³/mol. The Balaban J connectivity index is 1.84. The number of aromatic hydroxyl groups is 1. The van der Waals surface area contributed by atoms with Gasteiger partial charge < -0.3 is 9.67 Å². The largest absolute Gasteiger partial charge is 0.493 e. The third-order valence-corrected chi connectivity index (χ3v) is 6.17. The van der Waals surface area contributed by atoms with Gasteiger partial charge in [0, 0.05) is 38.8 Å². The van der Waals surface area contributed by atoms with Crippen molar-refractivity contribution in [1.82, 2.24) is 9.55 Å². The molecule has 0 spiro atoms. The Morgan fingerprint density at radius 2 is 1.48 bits per heavy atom. The molecule has 5 rings (SSSR count). The van der Waals surface area contributed by atoms with Gasteiger partial charge in [-0.3, -0.25) is 0 Å². The summed E-state index contributed by atoms with van der Waals surface area (Å²) in [6.07, 6.45) is 1.79. The molecule has 33 heavy (non-hydrogen) atoms. The van der Waals surface area contributed by atoms with Crippen molar-refractivity contribution < 1.29 is 5.11 Å². The minimum atomic E-state index is -0.250. The zero-order chi connectivity index (χ0) is 22.9. The van der Waals surface area contributed by atoms with Crippen LogP contribution < -0.4 is 0 Å². The molecule has 0 amide bonds. The van der Waals surface area contributed by atoms with E-state index in [1.807, 2.05) is 65.2 Å². The van der Waals surface area contributed by atoms with E-state index in [-0.39, 0.29) is 11.9 Å². The van der Waals surface area contributed by atoms with E-state index >= 15 is 0 Å². The molecule has 2 aromatic heterocycles. The Bertz CT molecular complexity index is 1470. The van der Waals surface area contributed by atoms with E-state index in [0.29, 0.717) is 37.8 Å². The summed E-state index contributed by atoms with van der Waals surface area (Å²) in [5.41, 5.74) is 4.27. The van der Waals surface area contributed by atoms with Crippen LogP contribution in [0.5, 0.6) is 5.88 Å². The quantitative estimate of drug-likeness (QED) is 0.302. The summed E-state index contributed by atoms with van der Waals surface area (Å²) >= 11 is 12.6. The number of rotatable bonds is 4. The number of halogens is 2. The normalized spacial score (nSPS) is 11.1. The summed E-state index contributed by atoms with van der Waals surface area (Å²) in [6.45, 7) is 0. The smallest absolute Gasteiger partial charge is 0.213 e. The minimum absolute atomic E-state index is 0.160. The van der Waals surface area contributed by atoms with Crippen LogP contribution in [-0.4, -0.2) is 14.7 Å². The Kier molecular flexibility index (Phi) is 5.51. The highest BCUT2D eigenvalue weighted by Crippen LogP contribution is 2.40. The van der Waals surface area contributed by atoms with Crippen molar-refractivity contribution in [2.24, 2.45) is 0 Å². The molecule has 160 valence electrons. The highest BCUT2D eigenvalue weighted by atomic mass is 35.5. The summed E-state index contributed by atoms with van der Waals surface area (Å²) in [4.78, 5) is 4.45. The van der Waals surface area contributed by atoms with Crippen LogP contribution in [0.15, 0.2) is 91.1 Å². The second-order valence-electron chi connectivity index (χ2n) is 7.64. The molecule has 0 aliphatic carbocycles. The van der Waals surface area contributed by atoms with E-state index in [1.54, 1.807) is 24.4 Å². The molecule has 2 heterocycles. The fourth-order valence-electron chi connectivity index (χ4n) is 4.22. The molecule has 0 saturated carbocycles. The van der Waals surface area contributed by atoms with Crippen molar-refractivity contribution in [3.63, 3.8) is 0 Å². The molecular formula is C27H17Cl2N3O. The van der Waals surface area contributed by atoms with Crippen LogP contribution in [0.4, 0.5) is 0 Å². The van der Waals surface area contributed by atoms with Crippen molar-refractivity contribution in [2.75, 3.05) is 0 Å². The van der Waals surface area contributed by atoms with Crippen molar-refractivity contribution in [3.05, 3.63) is 118 Å². The van der Waals surface area contributed by atoms with Crippen molar-refractivity contribution in [2.45, 2.75) is 6.04 Å². The van der Waals surface area contributed by atoms with Crippen molar-refractivity contribution in [3.8, 4) is 23.1 Å². The zero-order valence-corrected chi connectivity index (χ0v) is 18.8. The second-order valence-corrected chi connectivity index (χ2v) is 8.48. The lowest BCUT2D eigenvalue weighted by atomic mass is 9.98. The molecule has 4 nitrogen and oxygen atoms in total. The van der Waals surface area contributed by atoms with Crippen LogP contribution in [-0.2, 0) is 0 Å². The summed E-state index contributed by atoms with van der Waals surface area (Å²) in [5, 5.41) is 22.1. The van der Waals surface area contributed by atoms with Crippen molar-refractivity contribution >= 4 is 34.2 Å². The molecule has 0 unspecified atom stereocenters. The first-order valence-electron chi connectivity index (χ1n) is 10.3. The highest BCUT2D eigenvalue weighted by molar-refractivity contribution is 6.36. The molecule has 5 aromatic rings. The maximum atomic E-state index is 10.6. The fraction of sp³-hybridized carbons (Fsp3) is 0.0370. The molecule has 0 radical (unpaired) electrons. The number of benzene rings is 3. The molecule has 0 saturated heterocycles. The summed E-state index contributed by atoms with van der Waals surface area (Å²) in [5.74, 6) is -0.160. The van der Waals surface area contributed by atoms with E-state index in [1.165, 1.54) is 6.07 Å². The monoisotopic (exact) mass is 469 g/mol. The topological polar surface area (TPSA) is 61.8 Å². The van der Waals surface area contributed by atoms with Gasteiger partial charge in [0.25, 0.3) is 0 Å². The number of nitrogens with zero attached hydrogens (tertiary/aromatic N) is 3. The van der Waals surface area contributed by atoms with E-state index in [4.69, 9.17) is 23.2 Å². The molecule has 1 N–H and O–H groups in total. The van der Waals surface area contributed by atoms with E-state index in [2.05, 4.69) is 11.1 Å². The van der Waals surface area contributed by atoms with Gasteiger partial charge in [0.1, 0.15) is 11.7 Å². The summed E-state index contributed by atoms with van der Waals surface area (Å²) < 4.78 is 1.94. The average molecular weight is 470 g/mol. The van der Waals surface area contributed by atoms with E-state index in [0.717, 1.165) is 11.1 Å². The van der Waals surface area contributed by atoms with Gasteiger partial charge in [-0.25, -0.2) is 0 Å².